The molecule has 0 aliphatic rings. The first kappa shape index (κ1) is 18.0. The van der Waals surface area contributed by atoms with Gasteiger partial charge in [0.1, 0.15) is 0 Å². The van der Waals surface area contributed by atoms with Crippen LogP contribution in [-0.4, -0.2) is 17.0 Å². The van der Waals surface area contributed by atoms with Gasteiger partial charge in [0.2, 0.25) is 5.91 Å². The topological polar surface area (TPSA) is 66.4 Å². The third-order valence-corrected chi connectivity index (χ3v) is 4.21. The number of nitrogens with one attached hydrogen (secondary N) is 1. The van der Waals surface area contributed by atoms with Crippen molar-refractivity contribution >= 4 is 29.2 Å². The number of halogens is 1. The molecule has 1 atom stereocenters. The molecule has 0 saturated heterocycles. The van der Waals surface area contributed by atoms with Gasteiger partial charge in [-0.2, -0.15) is 0 Å². The first-order chi connectivity index (χ1) is 11.3. The van der Waals surface area contributed by atoms with E-state index in [1.54, 1.807) is 24.3 Å². The Morgan fingerprint density at radius 2 is 1.75 bits per heavy atom. The van der Waals surface area contributed by atoms with E-state index in [9.17, 15) is 9.59 Å². The molecule has 1 unspecified atom stereocenters. The van der Waals surface area contributed by atoms with Gasteiger partial charge in [0.05, 0.1) is 12.3 Å². The van der Waals surface area contributed by atoms with Crippen LogP contribution in [0.5, 0.6) is 0 Å². The molecule has 0 spiro atoms. The smallest absolute Gasteiger partial charge is 0.304 e. The molecule has 4 nitrogen and oxygen atoms in total. The fraction of sp³-hybridized carbons (Fsp3) is 0.263. The highest BCUT2D eigenvalue weighted by atomic mass is 35.5. The number of amides is 1. The second kappa shape index (κ2) is 7.97. The lowest BCUT2D eigenvalue weighted by Crippen LogP contribution is -2.27. The quantitative estimate of drug-likeness (QED) is 0.823. The number of rotatable bonds is 6. The largest absolute Gasteiger partial charge is 0.481 e. The number of carbonyl (C=O) groups is 2. The minimum Gasteiger partial charge on any atom is -0.481 e. The molecule has 0 radical (unpaired) electrons. The highest BCUT2D eigenvalue weighted by molar-refractivity contribution is 6.30. The number of carbonyl (C=O) groups excluding carboxylic acids is 1. The van der Waals surface area contributed by atoms with Crippen molar-refractivity contribution in [3.63, 3.8) is 0 Å². The Kier molecular flexibility index (Phi) is 5.99. The summed E-state index contributed by atoms with van der Waals surface area (Å²) < 4.78 is 0. The lowest BCUT2D eigenvalue weighted by molar-refractivity contribution is -0.140. The van der Waals surface area contributed by atoms with Gasteiger partial charge < -0.3 is 10.4 Å². The summed E-state index contributed by atoms with van der Waals surface area (Å²) >= 11 is 5.86. The second-order valence-electron chi connectivity index (χ2n) is 5.91. The Balaban J connectivity index is 2.13. The minimum absolute atomic E-state index is 0.223. The van der Waals surface area contributed by atoms with Crippen LogP contribution in [0.4, 0.5) is 5.69 Å². The Labute approximate surface area is 146 Å². The van der Waals surface area contributed by atoms with Crippen LogP contribution >= 0.6 is 11.6 Å². The Morgan fingerprint density at radius 1 is 1.08 bits per heavy atom. The van der Waals surface area contributed by atoms with E-state index in [2.05, 4.69) is 5.32 Å². The minimum atomic E-state index is -0.996. The summed E-state index contributed by atoms with van der Waals surface area (Å²) in [5.41, 5.74) is 3.76. The van der Waals surface area contributed by atoms with Gasteiger partial charge in [0.25, 0.3) is 0 Å². The van der Waals surface area contributed by atoms with E-state index in [1.165, 1.54) is 0 Å². The summed E-state index contributed by atoms with van der Waals surface area (Å²) in [6.45, 7) is 3.96. The predicted octanol–water partition coefficient (Wildman–Crippen LogP) is 4.23. The van der Waals surface area contributed by atoms with Crippen molar-refractivity contribution < 1.29 is 14.7 Å². The molecule has 2 N–H and O–H groups in total. The van der Waals surface area contributed by atoms with E-state index in [-0.39, 0.29) is 12.3 Å². The highest BCUT2D eigenvalue weighted by Gasteiger charge is 2.22. The van der Waals surface area contributed by atoms with Gasteiger partial charge in [-0.1, -0.05) is 29.8 Å². The van der Waals surface area contributed by atoms with Crippen LogP contribution in [0.15, 0.2) is 42.5 Å². The number of hydrogen-bond donors (Lipinski definition) is 2. The van der Waals surface area contributed by atoms with Crippen LogP contribution in [0, 0.1) is 19.8 Å². The summed E-state index contributed by atoms with van der Waals surface area (Å²) in [6, 6.07) is 12.7. The number of aryl methyl sites for hydroxylation is 2. The van der Waals surface area contributed by atoms with E-state index >= 15 is 0 Å². The lowest BCUT2D eigenvalue weighted by atomic mass is 9.95. The molecule has 5 heteroatoms. The molecule has 0 heterocycles. The molecule has 0 saturated carbocycles. The number of benzene rings is 2. The van der Waals surface area contributed by atoms with E-state index in [0.29, 0.717) is 17.1 Å². The van der Waals surface area contributed by atoms with E-state index < -0.39 is 11.9 Å². The number of aliphatic carboxylic acids is 1. The first-order valence-electron chi connectivity index (χ1n) is 7.69. The van der Waals surface area contributed by atoms with Crippen molar-refractivity contribution in [2.45, 2.75) is 26.7 Å². The van der Waals surface area contributed by atoms with Crippen LogP contribution in [-0.2, 0) is 16.0 Å². The van der Waals surface area contributed by atoms with Crippen molar-refractivity contribution in [2.75, 3.05) is 5.32 Å². The van der Waals surface area contributed by atoms with Crippen LogP contribution in [0.3, 0.4) is 0 Å². The van der Waals surface area contributed by atoms with Crippen molar-refractivity contribution in [3.8, 4) is 0 Å². The van der Waals surface area contributed by atoms with Gasteiger partial charge in [-0.3, -0.25) is 9.59 Å². The summed E-state index contributed by atoms with van der Waals surface area (Å²) in [7, 11) is 0. The van der Waals surface area contributed by atoms with Crippen LogP contribution < -0.4 is 5.32 Å². The zero-order valence-electron chi connectivity index (χ0n) is 13.7. The molecule has 24 heavy (non-hydrogen) atoms. The average molecular weight is 346 g/mol. The SMILES string of the molecule is Cc1ccc(NC(=O)C(CC(=O)O)Cc2ccc(Cl)cc2)cc1C. The lowest BCUT2D eigenvalue weighted by Gasteiger charge is -2.16. The Hall–Kier alpha value is -2.33. The van der Waals surface area contributed by atoms with Crippen LogP contribution in [0.2, 0.25) is 5.02 Å². The van der Waals surface area contributed by atoms with Gasteiger partial charge in [-0.05, 0) is 61.2 Å². The molecular weight excluding hydrogens is 326 g/mol. The van der Waals surface area contributed by atoms with Gasteiger partial charge in [0.15, 0.2) is 0 Å². The van der Waals surface area contributed by atoms with Gasteiger partial charge in [-0.15, -0.1) is 0 Å². The van der Waals surface area contributed by atoms with Crippen molar-refractivity contribution in [2.24, 2.45) is 5.92 Å². The first-order valence-corrected chi connectivity index (χ1v) is 8.07. The van der Waals surface area contributed by atoms with E-state index in [4.69, 9.17) is 16.7 Å². The molecule has 0 aliphatic heterocycles. The summed E-state index contributed by atoms with van der Waals surface area (Å²) in [6.07, 6.45) is 0.124. The van der Waals surface area contributed by atoms with E-state index in [0.717, 1.165) is 16.7 Å². The molecule has 0 bridgehead atoms. The standard InChI is InChI=1S/C19H20ClNO3/c1-12-3-8-17(9-13(12)2)21-19(24)15(11-18(22)23)10-14-4-6-16(20)7-5-14/h3-9,15H,10-11H2,1-2H3,(H,21,24)(H,22,23). The maximum absolute atomic E-state index is 12.5. The zero-order valence-corrected chi connectivity index (χ0v) is 14.4. The predicted molar refractivity (Wildman–Crippen MR) is 95.4 cm³/mol. The fourth-order valence-corrected chi connectivity index (χ4v) is 2.56. The maximum Gasteiger partial charge on any atom is 0.304 e. The monoisotopic (exact) mass is 345 g/mol. The average Bonchev–Trinajstić information content (AvgIpc) is 2.52. The molecule has 2 aromatic carbocycles. The van der Waals surface area contributed by atoms with Gasteiger partial charge in [-0.25, -0.2) is 0 Å². The summed E-state index contributed by atoms with van der Waals surface area (Å²) in [5, 5.41) is 12.5. The normalized spacial score (nSPS) is 11.8. The van der Waals surface area contributed by atoms with Crippen LogP contribution in [0.1, 0.15) is 23.1 Å². The number of anilines is 1. The molecular formula is C19H20ClNO3. The molecule has 0 fully saturated rings. The zero-order chi connectivity index (χ0) is 17.7. The van der Waals surface area contributed by atoms with Crippen molar-refractivity contribution in [3.05, 3.63) is 64.2 Å². The maximum atomic E-state index is 12.5. The Bertz CT molecular complexity index is 741. The third-order valence-electron chi connectivity index (χ3n) is 3.96. The summed E-state index contributed by atoms with van der Waals surface area (Å²) in [4.78, 5) is 23.6. The van der Waals surface area contributed by atoms with Crippen LogP contribution in [0.25, 0.3) is 0 Å². The highest BCUT2D eigenvalue weighted by Crippen LogP contribution is 2.19. The number of hydrogen-bond acceptors (Lipinski definition) is 2. The molecule has 1 amide bonds. The summed E-state index contributed by atoms with van der Waals surface area (Å²) in [5.74, 6) is -1.94. The molecule has 0 aromatic heterocycles. The van der Waals surface area contributed by atoms with Gasteiger partial charge in [0, 0.05) is 10.7 Å². The molecule has 0 aliphatic carbocycles. The Morgan fingerprint density at radius 3 is 2.33 bits per heavy atom. The number of carboxylic acid groups (broad SMARTS) is 1. The van der Waals surface area contributed by atoms with Crippen molar-refractivity contribution in [1.29, 1.82) is 0 Å². The molecule has 2 aromatic rings. The second-order valence-corrected chi connectivity index (χ2v) is 6.35. The number of carboxylic acids is 1. The molecule has 2 rings (SSSR count). The third kappa shape index (κ3) is 5.10. The molecule has 126 valence electrons. The van der Waals surface area contributed by atoms with E-state index in [1.807, 2.05) is 32.0 Å². The van der Waals surface area contributed by atoms with Crippen molar-refractivity contribution in [1.82, 2.24) is 0 Å². The fourth-order valence-electron chi connectivity index (χ4n) is 2.44. The van der Waals surface area contributed by atoms with Gasteiger partial charge >= 0.3 is 5.97 Å².